The van der Waals surface area contributed by atoms with E-state index in [1.165, 1.54) is 0 Å². The molecule has 0 spiro atoms. The molecule has 0 unspecified atom stereocenters. The van der Waals surface area contributed by atoms with E-state index in [2.05, 4.69) is 4.98 Å². The van der Waals surface area contributed by atoms with Gasteiger partial charge < -0.3 is 5.73 Å². The lowest BCUT2D eigenvalue weighted by atomic mass is 10.2. The summed E-state index contributed by atoms with van der Waals surface area (Å²) in [7, 11) is 0. The van der Waals surface area contributed by atoms with Crippen molar-refractivity contribution in [3.63, 3.8) is 0 Å². The summed E-state index contributed by atoms with van der Waals surface area (Å²) >= 11 is 0. The molecule has 2 N–H and O–H groups in total. The van der Waals surface area contributed by atoms with Crippen molar-refractivity contribution in [3.8, 4) is 0 Å². The molecular formula is C6H5F2N3O2. The summed E-state index contributed by atoms with van der Waals surface area (Å²) in [5, 5.41) is 10.3. The molecule has 0 saturated carbocycles. The number of halogens is 2. The molecule has 7 heteroatoms. The van der Waals surface area contributed by atoms with E-state index in [9.17, 15) is 18.9 Å². The summed E-state index contributed by atoms with van der Waals surface area (Å²) < 4.78 is 24.4. The smallest absolute Gasteiger partial charge is 0.320 e. The molecule has 5 nitrogen and oxygen atoms in total. The van der Waals surface area contributed by atoms with Gasteiger partial charge in [-0.1, -0.05) is 0 Å². The van der Waals surface area contributed by atoms with Gasteiger partial charge in [0, 0.05) is 6.20 Å². The second-order valence-corrected chi connectivity index (χ2v) is 2.19. The van der Waals surface area contributed by atoms with Crippen LogP contribution < -0.4 is 5.73 Å². The number of nitro groups is 1. The lowest BCUT2D eigenvalue weighted by Gasteiger charge is -2.01. The third-order valence-electron chi connectivity index (χ3n) is 1.40. The van der Waals surface area contributed by atoms with Crippen LogP contribution in [0.5, 0.6) is 0 Å². The molecule has 1 heterocycles. The largest absolute Gasteiger partial charge is 0.378 e. The van der Waals surface area contributed by atoms with Gasteiger partial charge in [0.25, 0.3) is 6.43 Å². The predicted octanol–water partition coefficient (Wildman–Crippen LogP) is 1.51. The minimum absolute atomic E-state index is 0.497. The van der Waals surface area contributed by atoms with E-state index in [-0.39, 0.29) is 0 Å². The van der Waals surface area contributed by atoms with Crippen molar-refractivity contribution in [3.05, 3.63) is 27.9 Å². The normalized spacial score (nSPS) is 10.4. The fourth-order valence-electron chi connectivity index (χ4n) is 0.861. The quantitative estimate of drug-likeness (QED) is 0.564. The zero-order chi connectivity index (χ0) is 10.0. The van der Waals surface area contributed by atoms with Gasteiger partial charge in [-0.25, -0.2) is 13.8 Å². The summed E-state index contributed by atoms with van der Waals surface area (Å²) in [6.07, 6.45) is -1.92. The Morgan fingerprint density at radius 3 is 2.62 bits per heavy atom. The molecule has 0 aliphatic rings. The lowest BCUT2D eigenvalue weighted by molar-refractivity contribution is -0.385. The number of alkyl halides is 2. The number of pyridine rings is 1. The molecule has 0 bridgehead atoms. The average molecular weight is 189 g/mol. The summed E-state index contributed by atoms with van der Waals surface area (Å²) in [6.45, 7) is 0. The first kappa shape index (κ1) is 9.30. The van der Waals surface area contributed by atoms with E-state index in [0.717, 1.165) is 12.3 Å². The van der Waals surface area contributed by atoms with Crippen molar-refractivity contribution in [2.24, 2.45) is 0 Å². The van der Waals surface area contributed by atoms with Crippen molar-refractivity contribution in [1.29, 1.82) is 0 Å². The highest BCUT2D eigenvalue weighted by atomic mass is 19.3. The van der Waals surface area contributed by atoms with Crippen LogP contribution in [-0.4, -0.2) is 9.91 Å². The first-order chi connectivity index (χ1) is 6.04. The van der Waals surface area contributed by atoms with Gasteiger partial charge in [0.1, 0.15) is 5.56 Å². The average Bonchev–Trinajstić information content (AvgIpc) is 2.02. The van der Waals surface area contributed by atoms with Crippen LogP contribution in [0.1, 0.15) is 12.0 Å². The lowest BCUT2D eigenvalue weighted by Crippen LogP contribution is -2.02. The van der Waals surface area contributed by atoms with Gasteiger partial charge in [-0.15, -0.1) is 0 Å². The van der Waals surface area contributed by atoms with Crippen LogP contribution in [0, 0.1) is 10.1 Å². The van der Waals surface area contributed by atoms with Crippen LogP contribution >= 0.6 is 0 Å². The van der Waals surface area contributed by atoms with Gasteiger partial charge in [-0.05, 0) is 6.07 Å². The molecule has 0 aromatic carbocycles. The highest BCUT2D eigenvalue weighted by molar-refractivity contribution is 5.57. The predicted molar refractivity (Wildman–Crippen MR) is 40.3 cm³/mol. The molecule has 70 valence electrons. The van der Waals surface area contributed by atoms with E-state index < -0.39 is 28.4 Å². The van der Waals surface area contributed by atoms with Crippen molar-refractivity contribution in [2.75, 3.05) is 5.73 Å². The molecule has 0 fully saturated rings. The Balaban J connectivity index is 3.34. The van der Waals surface area contributed by atoms with Crippen LogP contribution in [0.25, 0.3) is 0 Å². The van der Waals surface area contributed by atoms with Crippen molar-refractivity contribution in [1.82, 2.24) is 4.98 Å². The van der Waals surface area contributed by atoms with Gasteiger partial charge in [0.05, 0.1) is 4.92 Å². The molecule has 1 rings (SSSR count). The van der Waals surface area contributed by atoms with Crippen LogP contribution in [0.15, 0.2) is 12.3 Å². The second-order valence-electron chi connectivity index (χ2n) is 2.19. The number of hydrogen-bond donors (Lipinski definition) is 1. The number of rotatable bonds is 2. The minimum atomic E-state index is -2.93. The molecule has 0 saturated heterocycles. The maximum atomic E-state index is 12.2. The summed E-state index contributed by atoms with van der Waals surface area (Å²) in [4.78, 5) is 12.7. The Labute approximate surface area is 71.3 Å². The Morgan fingerprint density at radius 1 is 1.62 bits per heavy atom. The number of nitrogen functional groups attached to an aromatic ring is 1. The van der Waals surface area contributed by atoms with E-state index in [1.807, 2.05) is 0 Å². The van der Waals surface area contributed by atoms with Crippen LogP contribution in [-0.2, 0) is 0 Å². The molecular weight excluding hydrogens is 184 g/mol. The first-order valence-electron chi connectivity index (χ1n) is 3.21. The maximum absolute atomic E-state index is 12.2. The van der Waals surface area contributed by atoms with E-state index in [1.54, 1.807) is 0 Å². The zero-order valence-electron chi connectivity index (χ0n) is 6.28. The van der Waals surface area contributed by atoms with Gasteiger partial charge in [-0.3, -0.25) is 10.1 Å². The van der Waals surface area contributed by atoms with E-state index in [0.29, 0.717) is 0 Å². The number of anilines is 1. The van der Waals surface area contributed by atoms with Gasteiger partial charge in [0.15, 0.2) is 0 Å². The van der Waals surface area contributed by atoms with Crippen LogP contribution in [0.3, 0.4) is 0 Å². The van der Waals surface area contributed by atoms with Gasteiger partial charge in [-0.2, -0.15) is 0 Å². The molecule has 13 heavy (non-hydrogen) atoms. The third kappa shape index (κ3) is 1.68. The van der Waals surface area contributed by atoms with Crippen LogP contribution in [0.4, 0.5) is 20.3 Å². The standard InChI is InChI=1S/C6H5F2N3O2/c7-5(8)3-1-2-10-6(9)4(3)11(12)13/h1-2,5H,(H2,9,10). The summed E-state index contributed by atoms with van der Waals surface area (Å²) in [5.74, 6) is -0.497. The number of nitrogens with two attached hydrogens (primary N) is 1. The molecule has 1 aromatic rings. The van der Waals surface area contributed by atoms with E-state index in [4.69, 9.17) is 5.73 Å². The SMILES string of the molecule is Nc1nccc(C(F)F)c1[N+](=O)[O-]. The van der Waals surface area contributed by atoms with Crippen LogP contribution in [0.2, 0.25) is 0 Å². The maximum Gasteiger partial charge on any atom is 0.320 e. The topological polar surface area (TPSA) is 82.0 Å². The Kier molecular flexibility index (Phi) is 2.36. The Morgan fingerprint density at radius 2 is 2.23 bits per heavy atom. The molecule has 0 aliphatic carbocycles. The highest BCUT2D eigenvalue weighted by Crippen LogP contribution is 2.31. The van der Waals surface area contributed by atoms with Crippen molar-refractivity contribution < 1.29 is 13.7 Å². The highest BCUT2D eigenvalue weighted by Gasteiger charge is 2.24. The second kappa shape index (κ2) is 3.30. The molecule has 0 radical (unpaired) electrons. The van der Waals surface area contributed by atoms with Gasteiger partial charge >= 0.3 is 5.69 Å². The number of aromatic nitrogens is 1. The molecule has 0 aliphatic heterocycles. The first-order valence-corrected chi connectivity index (χ1v) is 3.21. The summed E-state index contributed by atoms with van der Waals surface area (Å²) in [5.41, 5.74) is 3.54. The summed E-state index contributed by atoms with van der Waals surface area (Å²) in [6, 6.07) is 0.874. The molecule has 0 amide bonds. The fourth-order valence-corrected chi connectivity index (χ4v) is 0.861. The fraction of sp³-hybridized carbons (Fsp3) is 0.167. The third-order valence-corrected chi connectivity index (χ3v) is 1.40. The van der Waals surface area contributed by atoms with Crippen molar-refractivity contribution >= 4 is 11.5 Å². The number of hydrogen-bond acceptors (Lipinski definition) is 4. The monoisotopic (exact) mass is 189 g/mol. The molecule has 0 atom stereocenters. The minimum Gasteiger partial charge on any atom is -0.378 e. The zero-order valence-corrected chi connectivity index (χ0v) is 6.28. The Bertz CT molecular complexity index is 343. The molecule has 1 aromatic heterocycles. The van der Waals surface area contributed by atoms with Crippen molar-refractivity contribution in [2.45, 2.75) is 6.43 Å². The van der Waals surface area contributed by atoms with Gasteiger partial charge in [0.2, 0.25) is 5.82 Å². The Hall–Kier alpha value is -1.79. The van der Waals surface area contributed by atoms with E-state index >= 15 is 0 Å². The number of nitrogens with zero attached hydrogens (tertiary/aromatic N) is 2.